The second-order valence-electron chi connectivity index (χ2n) is 6.30. The Bertz CT molecular complexity index is 714. The van der Waals surface area contributed by atoms with Gasteiger partial charge in [0.25, 0.3) is 5.91 Å². The monoisotopic (exact) mass is 336 g/mol. The number of likely N-dealkylation sites (tertiary alicyclic amines) is 1. The lowest BCUT2D eigenvalue weighted by atomic mass is 10.2. The second-order valence-corrected chi connectivity index (χ2v) is 6.30. The van der Waals surface area contributed by atoms with Crippen LogP contribution in [0.2, 0.25) is 0 Å². The van der Waals surface area contributed by atoms with Crippen molar-refractivity contribution in [1.29, 1.82) is 0 Å². The lowest BCUT2D eigenvalue weighted by Crippen LogP contribution is -2.41. The van der Waals surface area contributed by atoms with E-state index in [4.69, 9.17) is 8.94 Å². The summed E-state index contributed by atoms with van der Waals surface area (Å²) < 4.78 is 24.3. The van der Waals surface area contributed by atoms with E-state index in [-0.39, 0.29) is 17.7 Å². The average Bonchev–Trinajstić information content (AvgIpc) is 3.21. The van der Waals surface area contributed by atoms with Gasteiger partial charge in [-0.3, -0.25) is 9.69 Å². The Morgan fingerprint density at radius 3 is 2.92 bits per heavy atom. The number of hydrogen-bond acceptors (Lipinski definition) is 6. The highest BCUT2D eigenvalue weighted by atomic mass is 19.1. The number of carbonyl (C=O) groups is 1. The zero-order chi connectivity index (χ0) is 17.3. The fourth-order valence-electron chi connectivity index (χ4n) is 3.08. The number of amides is 1. The predicted octanol–water partition coefficient (Wildman–Crippen LogP) is 1.96. The molecule has 0 aliphatic carbocycles. The third kappa shape index (κ3) is 3.48. The van der Waals surface area contributed by atoms with Gasteiger partial charge in [0.15, 0.2) is 12.2 Å². The Kier molecular flexibility index (Phi) is 4.66. The molecule has 24 heavy (non-hydrogen) atoms. The highest BCUT2D eigenvalue weighted by Gasteiger charge is 2.34. The van der Waals surface area contributed by atoms with Crippen LogP contribution in [0.25, 0.3) is 0 Å². The number of nitrogens with zero attached hydrogens (tertiary/aromatic N) is 4. The molecule has 0 spiro atoms. The van der Waals surface area contributed by atoms with E-state index in [2.05, 4.69) is 10.1 Å². The third-order valence-electron chi connectivity index (χ3n) is 4.28. The van der Waals surface area contributed by atoms with Crippen molar-refractivity contribution in [1.82, 2.24) is 19.9 Å². The van der Waals surface area contributed by atoms with E-state index in [1.54, 1.807) is 18.9 Å². The summed E-state index contributed by atoms with van der Waals surface area (Å²) in [5.74, 6) is 0.680. The first-order valence-corrected chi connectivity index (χ1v) is 7.90. The number of alkyl halides is 1. The molecule has 2 aromatic heterocycles. The molecule has 3 heterocycles. The Morgan fingerprint density at radius 2 is 2.29 bits per heavy atom. The summed E-state index contributed by atoms with van der Waals surface area (Å²) >= 11 is 0. The quantitative estimate of drug-likeness (QED) is 0.831. The van der Waals surface area contributed by atoms with Gasteiger partial charge in [-0.25, -0.2) is 9.37 Å². The zero-order valence-electron chi connectivity index (χ0n) is 14.0. The van der Waals surface area contributed by atoms with Crippen LogP contribution in [0.3, 0.4) is 0 Å². The Hall–Kier alpha value is -2.22. The maximum Gasteiger partial charge on any atom is 0.291 e. The van der Waals surface area contributed by atoms with Gasteiger partial charge in [0.05, 0.1) is 17.9 Å². The first-order chi connectivity index (χ1) is 11.4. The molecule has 3 rings (SSSR count). The number of oxazole rings is 1. The van der Waals surface area contributed by atoms with E-state index in [9.17, 15) is 9.18 Å². The number of halogens is 1. The van der Waals surface area contributed by atoms with Crippen LogP contribution in [0.4, 0.5) is 4.39 Å². The van der Waals surface area contributed by atoms with Crippen molar-refractivity contribution >= 4 is 5.91 Å². The summed E-state index contributed by atoms with van der Waals surface area (Å²) in [4.78, 5) is 19.9. The van der Waals surface area contributed by atoms with Crippen molar-refractivity contribution in [2.75, 3.05) is 20.1 Å². The van der Waals surface area contributed by atoms with Crippen LogP contribution < -0.4 is 0 Å². The maximum absolute atomic E-state index is 13.9. The first-order valence-electron chi connectivity index (χ1n) is 7.90. The summed E-state index contributed by atoms with van der Waals surface area (Å²) in [5.41, 5.74) is 1.35. The van der Waals surface area contributed by atoms with Crippen LogP contribution in [0.15, 0.2) is 21.4 Å². The van der Waals surface area contributed by atoms with Gasteiger partial charge in [-0.15, -0.1) is 0 Å². The minimum atomic E-state index is -0.908. The molecule has 2 aromatic rings. The fourth-order valence-corrected chi connectivity index (χ4v) is 3.08. The number of aromatic nitrogens is 2. The standard InChI is InChI=1S/C16H21FN4O3/c1-10-4-14(24-19-10)8-21-6-12(17)5-13(21)7-20(3)16(22)15-11(2)18-9-23-15/h4,9,12-13H,5-8H2,1-3H3/t12-,13-/m0/s1. The van der Waals surface area contributed by atoms with Gasteiger partial charge in [0.2, 0.25) is 5.76 Å². The lowest BCUT2D eigenvalue weighted by Gasteiger charge is -2.27. The number of rotatable bonds is 5. The lowest BCUT2D eigenvalue weighted by molar-refractivity contribution is 0.0714. The van der Waals surface area contributed by atoms with Crippen LogP contribution in [-0.4, -0.2) is 58.2 Å². The van der Waals surface area contributed by atoms with Crippen molar-refractivity contribution in [2.45, 2.75) is 39.0 Å². The number of hydrogen-bond donors (Lipinski definition) is 0. The van der Waals surface area contributed by atoms with E-state index in [0.717, 1.165) is 5.69 Å². The SMILES string of the molecule is Cc1cc(CN2C[C@@H](F)C[C@H]2CN(C)C(=O)c2ocnc2C)on1. The zero-order valence-corrected chi connectivity index (χ0v) is 14.0. The third-order valence-corrected chi connectivity index (χ3v) is 4.28. The molecule has 2 atom stereocenters. The summed E-state index contributed by atoms with van der Waals surface area (Å²) in [6.07, 6.45) is 0.733. The molecule has 0 unspecified atom stereocenters. The molecule has 1 fully saturated rings. The Labute approximate surface area is 139 Å². The predicted molar refractivity (Wildman–Crippen MR) is 83.2 cm³/mol. The van der Waals surface area contributed by atoms with Crippen LogP contribution in [0, 0.1) is 13.8 Å². The average molecular weight is 336 g/mol. The molecule has 7 nitrogen and oxygen atoms in total. The molecule has 1 amide bonds. The molecule has 0 saturated carbocycles. The van der Waals surface area contributed by atoms with Crippen molar-refractivity contribution < 1.29 is 18.1 Å². The summed E-state index contributed by atoms with van der Waals surface area (Å²) in [5, 5.41) is 3.86. The normalized spacial score (nSPS) is 21.3. The highest BCUT2D eigenvalue weighted by molar-refractivity contribution is 5.92. The first kappa shape index (κ1) is 16.6. The van der Waals surface area contributed by atoms with Crippen molar-refractivity contribution in [3.63, 3.8) is 0 Å². The summed E-state index contributed by atoms with van der Waals surface area (Å²) in [6.45, 7) is 4.78. The second kappa shape index (κ2) is 6.72. The topological polar surface area (TPSA) is 75.6 Å². The Balaban J connectivity index is 1.65. The van der Waals surface area contributed by atoms with Crippen LogP contribution in [0.1, 0.15) is 34.1 Å². The Morgan fingerprint density at radius 1 is 1.50 bits per heavy atom. The molecule has 8 heteroatoms. The van der Waals surface area contributed by atoms with Crippen LogP contribution in [-0.2, 0) is 6.54 Å². The maximum atomic E-state index is 13.9. The fraction of sp³-hybridized carbons (Fsp3) is 0.562. The van der Waals surface area contributed by atoms with Crippen molar-refractivity contribution in [3.8, 4) is 0 Å². The van der Waals surface area contributed by atoms with Crippen LogP contribution in [0.5, 0.6) is 0 Å². The van der Waals surface area contributed by atoms with E-state index >= 15 is 0 Å². The molecule has 130 valence electrons. The molecule has 0 N–H and O–H groups in total. The molecule has 1 saturated heterocycles. The summed E-state index contributed by atoms with van der Waals surface area (Å²) in [7, 11) is 1.69. The largest absolute Gasteiger partial charge is 0.438 e. The van der Waals surface area contributed by atoms with Gasteiger partial charge in [-0.05, 0) is 20.3 Å². The number of likely N-dealkylation sites (N-methyl/N-ethyl adjacent to an activating group) is 1. The van der Waals surface area contributed by atoms with E-state index in [1.165, 1.54) is 6.39 Å². The van der Waals surface area contributed by atoms with Gasteiger partial charge in [-0.1, -0.05) is 5.16 Å². The molecule has 0 bridgehead atoms. The molecular weight excluding hydrogens is 315 g/mol. The molecule has 1 aliphatic heterocycles. The molecule has 0 aromatic carbocycles. The van der Waals surface area contributed by atoms with Crippen molar-refractivity contribution in [2.24, 2.45) is 0 Å². The number of aryl methyl sites for hydroxylation is 2. The van der Waals surface area contributed by atoms with Gasteiger partial charge < -0.3 is 13.8 Å². The van der Waals surface area contributed by atoms with Crippen molar-refractivity contribution in [3.05, 3.63) is 35.4 Å². The number of carbonyl (C=O) groups excluding carboxylic acids is 1. The van der Waals surface area contributed by atoms with Gasteiger partial charge in [-0.2, -0.15) is 0 Å². The summed E-state index contributed by atoms with van der Waals surface area (Å²) in [6, 6.07) is 1.76. The smallest absolute Gasteiger partial charge is 0.291 e. The van der Waals surface area contributed by atoms with Gasteiger partial charge in [0, 0.05) is 32.2 Å². The minimum absolute atomic E-state index is 0.0809. The van der Waals surface area contributed by atoms with Crippen LogP contribution >= 0.6 is 0 Å². The van der Waals surface area contributed by atoms with E-state index < -0.39 is 6.17 Å². The molecule has 1 aliphatic rings. The molecular formula is C16H21FN4O3. The highest BCUT2D eigenvalue weighted by Crippen LogP contribution is 2.24. The molecule has 0 radical (unpaired) electrons. The minimum Gasteiger partial charge on any atom is -0.438 e. The van der Waals surface area contributed by atoms with Gasteiger partial charge >= 0.3 is 0 Å². The van der Waals surface area contributed by atoms with E-state index in [0.29, 0.717) is 37.5 Å². The van der Waals surface area contributed by atoms with Gasteiger partial charge in [0.1, 0.15) is 6.17 Å². The van der Waals surface area contributed by atoms with E-state index in [1.807, 2.05) is 17.9 Å².